The molecule has 0 saturated carbocycles. The van der Waals surface area contributed by atoms with Gasteiger partial charge in [-0.2, -0.15) is 0 Å². The van der Waals surface area contributed by atoms with Crippen LogP contribution >= 0.6 is 0 Å². The zero-order chi connectivity index (χ0) is 21.0. The number of carboxylic acids is 1. The van der Waals surface area contributed by atoms with E-state index in [4.69, 9.17) is 15.0 Å². The number of rotatable bonds is 6. The Balaban J connectivity index is 1.73. The molecule has 0 amide bonds. The minimum atomic E-state index is -1.05. The molecule has 3 aromatic rings. The van der Waals surface area contributed by atoms with E-state index in [1.807, 2.05) is 43.3 Å². The Hall–Kier alpha value is -3.68. The van der Waals surface area contributed by atoms with Crippen molar-refractivity contribution in [2.24, 2.45) is 0 Å². The van der Waals surface area contributed by atoms with Crippen LogP contribution in [0.1, 0.15) is 24.1 Å². The number of nitrogens with zero attached hydrogens (tertiary/aromatic N) is 2. The van der Waals surface area contributed by atoms with Crippen LogP contribution < -0.4 is 5.32 Å². The molecule has 0 aliphatic heterocycles. The largest absolute Gasteiger partial charge is 0.480 e. The number of nitrogens with one attached hydrogen (secondary N) is 2. The van der Waals surface area contributed by atoms with Crippen molar-refractivity contribution in [3.63, 3.8) is 0 Å². The first-order valence-corrected chi connectivity index (χ1v) is 8.95. The van der Waals surface area contributed by atoms with E-state index >= 15 is 0 Å². The number of halogens is 1. The normalized spacial score (nSPS) is 11.7. The predicted octanol–water partition coefficient (Wildman–Crippen LogP) is 4.00. The molecule has 0 spiro atoms. The van der Waals surface area contributed by atoms with Gasteiger partial charge >= 0.3 is 5.97 Å². The third kappa shape index (κ3) is 4.78. The van der Waals surface area contributed by atoms with Crippen LogP contribution in [-0.4, -0.2) is 40.7 Å². The van der Waals surface area contributed by atoms with E-state index in [2.05, 4.69) is 10.5 Å². The average Bonchev–Trinajstić information content (AvgIpc) is 3.16. The molecule has 1 unspecified atom stereocenters. The summed E-state index contributed by atoms with van der Waals surface area (Å²) in [6.45, 7) is 1.55. The number of aliphatic carboxylic acids is 1. The van der Waals surface area contributed by atoms with Gasteiger partial charge in [0.1, 0.15) is 12.4 Å². The fourth-order valence-corrected chi connectivity index (χ4v) is 2.87. The number of benzene rings is 2. The summed E-state index contributed by atoms with van der Waals surface area (Å²) in [6, 6.07) is 16.0. The van der Waals surface area contributed by atoms with Crippen molar-refractivity contribution in [2.45, 2.75) is 12.8 Å². The fraction of sp³-hybridized carbons (Fsp3) is 0.190. The number of guanidine groups is 1. The molecule has 1 atom stereocenters. The van der Waals surface area contributed by atoms with Crippen LogP contribution in [0.2, 0.25) is 0 Å². The number of likely N-dealkylation sites (N-methyl/N-ethyl adjacent to an activating group) is 1. The Labute approximate surface area is 167 Å². The van der Waals surface area contributed by atoms with Gasteiger partial charge in [-0.25, -0.2) is 4.39 Å². The van der Waals surface area contributed by atoms with Crippen molar-refractivity contribution in [3.05, 3.63) is 71.7 Å². The van der Waals surface area contributed by atoms with Crippen molar-refractivity contribution in [3.8, 4) is 11.1 Å². The highest BCUT2D eigenvalue weighted by Crippen LogP contribution is 2.30. The maximum Gasteiger partial charge on any atom is 0.323 e. The summed E-state index contributed by atoms with van der Waals surface area (Å²) in [4.78, 5) is 11.9. The molecule has 0 saturated heterocycles. The molecule has 3 N–H and O–H groups in total. The minimum absolute atomic E-state index is 0.138. The van der Waals surface area contributed by atoms with E-state index in [0.29, 0.717) is 11.3 Å². The van der Waals surface area contributed by atoms with Gasteiger partial charge in [0.15, 0.2) is 5.96 Å². The molecule has 0 aliphatic rings. The Kier molecular flexibility index (Phi) is 5.92. The first-order valence-electron chi connectivity index (χ1n) is 8.95. The number of anilines is 1. The highest BCUT2D eigenvalue weighted by Gasteiger charge is 2.17. The molecule has 0 radical (unpaired) electrons. The Morgan fingerprint density at radius 2 is 2.00 bits per heavy atom. The summed E-state index contributed by atoms with van der Waals surface area (Å²) in [6.07, 6.45) is 0. The monoisotopic (exact) mass is 396 g/mol. The molecule has 150 valence electrons. The van der Waals surface area contributed by atoms with Crippen molar-refractivity contribution < 1.29 is 18.8 Å². The summed E-state index contributed by atoms with van der Waals surface area (Å²) < 4.78 is 19.8. The summed E-state index contributed by atoms with van der Waals surface area (Å²) in [5.74, 6) is -1.54. The average molecular weight is 396 g/mol. The van der Waals surface area contributed by atoms with Gasteiger partial charge < -0.3 is 14.5 Å². The Morgan fingerprint density at radius 3 is 2.66 bits per heavy atom. The Morgan fingerprint density at radius 1 is 1.28 bits per heavy atom. The Bertz CT molecular complexity index is 1020. The van der Waals surface area contributed by atoms with Crippen LogP contribution in [-0.2, 0) is 4.79 Å². The highest BCUT2D eigenvalue weighted by molar-refractivity contribution is 5.91. The molecular weight excluding hydrogens is 375 g/mol. The van der Waals surface area contributed by atoms with Crippen LogP contribution in [0.5, 0.6) is 0 Å². The summed E-state index contributed by atoms with van der Waals surface area (Å²) in [5, 5.41) is 23.3. The van der Waals surface area contributed by atoms with E-state index in [0.717, 1.165) is 11.1 Å². The lowest BCUT2D eigenvalue weighted by atomic mass is 9.95. The van der Waals surface area contributed by atoms with Crippen LogP contribution in [0.25, 0.3) is 11.1 Å². The van der Waals surface area contributed by atoms with Crippen LogP contribution in [0.15, 0.2) is 59.1 Å². The number of carboxylic acid groups (broad SMARTS) is 1. The number of carbonyl (C=O) groups is 1. The summed E-state index contributed by atoms with van der Waals surface area (Å²) in [5.41, 5.74) is 2.63. The molecule has 1 heterocycles. The van der Waals surface area contributed by atoms with Gasteiger partial charge in [0, 0.05) is 24.6 Å². The van der Waals surface area contributed by atoms with Gasteiger partial charge in [-0.05, 0) is 17.2 Å². The maximum absolute atomic E-state index is 14.6. The number of hydrogen-bond acceptors (Lipinski definition) is 4. The lowest BCUT2D eigenvalue weighted by Crippen LogP contribution is -2.35. The first kappa shape index (κ1) is 20.1. The quantitative estimate of drug-likeness (QED) is 0.430. The smallest absolute Gasteiger partial charge is 0.323 e. The lowest BCUT2D eigenvalue weighted by molar-refractivity contribution is -0.137. The van der Waals surface area contributed by atoms with Gasteiger partial charge in [-0.3, -0.25) is 15.5 Å². The first-order chi connectivity index (χ1) is 13.8. The van der Waals surface area contributed by atoms with Crippen molar-refractivity contribution in [2.75, 3.05) is 18.9 Å². The van der Waals surface area contributed by atoms with Gasteiger partial charge in [0.2, 0.25) is 5.88 Å². The van der Waals surface area contributed by atoms with Crippen molar-refractivity contribution >= 4 is 17.8 Å². The molecular formula is C21H21FN4O3. The molecule has 29 heavy (non-hydrogen) atoms. The predicted molar refractivity (Wildman–Crippen MR) is 107 cm³/mol. The fourth-order valence-electron chi connectivity index (χ4n) is 2.87. The molecule has 1 aromatic heterocycles. The molecule has 0 fully saturated rings. The second-order valence-corrected chi connectivity index (χ2v) is 6.67. The van der Waals surface area contributed by atoms with E-state index in [9.17, 15) is 9.18 Å². The van der Waals surface area contributed by atoms with Gasteiger partial charge in [-0.1, -0.05) is 54.5 Å². The standard InChI is InChI=1S/C21H21FN4O3/c1-13(15-8-9-16(17(22)10-15)14-6-4-3-5-7-14)18-11-19(29-25-18)24-21(23)26(2)12-20(27)28/h3-11,13H,12H2,1-2H3,(H2,23,24)(H,27,28). The summed E-state index contributed by atoms with van der Waals surface area (Å²) >= 11 is 0. The van der Waals surface area contributed by atoms with E-state index in [1.54, 1.807) is 12.1 Å². The van der Waals surface area contributed by atoms with Crippen molar-refractivity contribution in [1.82, 2.24) is 10.1 Å². The zero-order valence-corrected chi connectivity index (χ0v) is 16.0. The SMILES string of the molecule is CC(c1ccc(-c2ccccc2)c(F)c1)c1cc(NC(=N)N(C)CC(=O)O)on1. The van der Waals surface area contributed by atoms with Crippen LogP contribution in [0.4, 0.5) is 10.3 Å². The molecule has 2 aromatic carbocycles. The van der Waals surface area contributed by atoms with Gasteiger partial charge in [-0.15, -0.1) is 0 Å². The van der Waals surface area contributed by atoms with Crippen molar-refractivity contribution in [1.29, 1.82) is 5.41 Å². The molecule has 7 nitrogen and oxygen atoms in total. The number of aromatic nitrogens is 1. The van der Waals surface area contributed by atoms with Crippen LogP contribution in [0, 0.1) is 11.2 Å². The van der Waals surface area contributed by atoms with E-state index in [-0.39, 0.29) is 30.1 Å². The molecule has 8 heteroatoms. The molecule has 0 aliphatic carbocycles. The highest BCUT2D eigenvalue weighted by atomic mass is 19.1. The third-order valence-corrected chi connectivity index (χ3v) is 4.55. The minimum Gasteiger partial charge on any atom is -0.480 e. The number of hydrogen-bond donors (Lipinski definition) is 3. The van der Waals surface area contributed by atoms with E-state index in [1.165, 1.54) is 18.0 Å². The van der Waals surface area contributed by atoms with Gasteiger partial charge in [0.25, 0.3) is 0 Å². The zero-order valence-electron chi connectivity index (χ0n) is 16.0. The molecule has 0 bridgehead atoms. The van der Waals surface area contributed by atoms with Crippen LogP contribution in [0.3, 0.4) is 0 Å². The van der Waals surface area contributed by atoms with E-state index < -0.39 is 5.97 Å². The van der Waals surface area contributed by atoms with Gasteiger partial charge in [0.05, 0.1) is 5.69 Å². The molecule has 3 rings (SSSR count). The lowest BCUT2D eigenvalue weighted by Gasteiger charge is -2.16. The summed E-state index contributed by atoms with van der Waals surface area (Å²) in [7, 11) is 1.47. The third-order valence-electron chi connectivity index (χ3n) is 4.55. The second-order valence-electron chi connectivity index (χ2n) is 6.67. The topological polar surface area (TPSA) is 102 Å². The maximum atomic E-state index is 14.6. The second kappa shape index (κ2) is 8.55.